The third kappa shape index (κ3) is 3.43. The van der Waals surface area contributed by atoms with Crippen LogP contribution in [0, 0.1) is 11.8 Å². The van der Waals surface area contributed by atoms with E-state index in [1.54, 1.807) is 47.9 Å². The number of carbonyl (C=O) groups is 3. The molecule has 31 heavy (non-hydrogen) atoms. The van der Waals surface area contributed by atoms with Gasteiger partial charge in [-0.3, -0.25) is 14.4 Å². The van der Waals surface area contributed by atoms with Gasteiger partial charge in [0.2, 0.25) is 11.8 Å². The Labute approximate surface area is 190 Å². The number of hydrogen-bond donors (Lipinski definition) is 2. The van der Waals surface area contributed by atoms with Crippen molar-refractivity contribution in [2.24, 2.45) is 11.8 Å². The number of rotatable bonds is 7. The van der Waals surface area contributed by atoms with E-state index in [4.69, 9.17) is 16.3 Å². The molecule has 5 atom stereocenters. The van der Waals surface area contributed by atoms with Crippen LogP contribution in [-0.4, -0.2) is 63.1 Å². The minimum atomic E-state index is -0.751. The molecule has 0 aromatic heterocycles. The number of likely N-dealkylation sites (tertiary alicyclic amines) is 1. The second kappa shape index (κ2) is 8.30. The van der Waals surface area contributed by atoms with Gasteiger partial charge in [0.25, 0.3) is 0 Å². The SMILES string of the molecule is CCOC(=O)[C@H]1[C@H]2C(=O)N(CCCO)C(C(=O)Nc3ccccc3Cl)C23CC[C@]1(C)S3. The lowest BCUT2D eigenvalue weighted by Gasteiger charge is -2.34. The van der Waals surface area contributed by atoms with E-state index in [0.29, 0.717) is 23.6 Å². The number of thioether (sulfide) groups is 1. The molecule has 3 fully saturated rings. The average Bonchev–Trinajstić information content (AvgIpc) is 3.29. The van der Waals surface area contributed by atoms with Crippen LogP contribution in [0.5, 0.6) is 0 Å². The highest BCUT2D eigenvalue weighted by molar-refractivity contribution is 8.02. The van der Waals surface area contributed by atoms with Gasteiger partial charge in [0, 0.05) is 17.9 Å². The molecule has 0 saturated carbocycles. The standard InChI is InChI=1S/C22H27ClN2O5S/c1-3-30-20(29)16-15-19(28)25(11-6-12-26)17(22(15)10-9-21(16,2)31-22)18(27)24-14-8-5-4-7-13(14)23/h4-5,7-8,15-17,26H,3,6,9-12H2,1-2H3,(H,24,27)/t15-,16+,17?,21-,22?/m0/s1. The molecule has 3 aliphatic heterocycles. The number of nitrogens with one attached hydrogen (secondary N) is 1. The second-order valence-electron chi connectivity index (χ2n) is 8.56. The quantitative estimate of drug-likeness (QED) is 0.600. The van der Waals surface area contributed by atoms with E-state index >= 15 is 0 Å². The number of benzene rings is 1. The molecule has 3 heterocycles. The number of amides is 2. The van der Waals surface area contributed by atoms with Crippen molar-refractivity contribution in [1.29, 1.82) is 0 Å². The zero-order valence-corrected chi connectivity index (χ0v) is 19.2. The lowest BCUT2D eigenvalue weighted by Crippen LogP contribution is -2.51. The van der Waals surface area contributed by atoms with Crippen LogP contribution in [0.25, 0.3) is 0 Å². The predicted molar refractivity (Wildman–Crippen MR) is 119 cm³/mol. The average molecular weight is 467 g/mol. The number of esters is 1. The Balaban J connectivity index is 1.72. The van der Waals surface area contributed by atoms with Crippen LogP contribution in [-0.2, 0) is 19.1 Å². The number of anilines is 1. The fraction of sp³-hybridized carbons (Fsp3) is 0.591. The van der Waals surface area contributed by atoms with Gasteiger partial charge in [-0.2, -0.15) is 0 Å². The molecule has 0 radical (unpaired) electrons. The van der Waals surface area contributed by atoms with Crippen molar-refractivity contribution in [2.75, 3.05) is 25.1 Å². The Bertz CT molecular complexity index is 914. The Hall–Kier alpha value is -1.77. The smallest absolute Gasteiger partial charge is 0.311 e. The summed E-state index contributed by atoms with van der Waals surface area (Å²) < 4.78 is 4.19. The van der Waals surface area contributed by atoms with Crippen LogP contribution in [0.15, 0.2) is 24.3 Å². The predicted octanol–water partition coefficient (Wildman–Crippen LogP) is 2.71. The highest BCUT2D eigenvalue weighted by atomic mass is 35.5. The first-order chi connectivity index (χ1) is 14.8. The van der Waals surface area contributed by atoms with E-state index in [0.717, 1.165) is 6.42 Å². The van der Waals surface area contributed by atoms with Crippen molar-refractivity contribution in [3.05, 3.63) is 29.3 Å². The summed E-state index contributed by atoms with van der Waals surface area (Å²) in [5.74, 6) is -2.10. The Morgan fingerprint density at radius 3 is 2.77 bits per heavy atom. The van der Waals surface area contributed by atoms with Gasteiger partial charge in [-0.25, -0.2) is 0 Å². The van der Waals surface area contributed by atoms with Crippen LogP contribution >= 0.6 is 23.4 Å². The van der Waals surface area contributed by atoms with E-state index < -0.39 is 27.4 Å². The van der Waals surface area contributed by atoms with Gasteiger partial charge in [-0.15, -0.1) is 11.8 Å². The van der Waals surface area contributed by atoms with Gasteiger partial charge in [-0.1, -0.05) is 23.7 Å². The second-order valence-corrected chi connectivity index (χ2v) is 10.9. The van der Waals surface area contributed by atoms with Crippen LogP contribution < -0.4 is 5.32 Å². The monoisotopic (exact) mass is 466 g/mol. The first-order valence-electron chi connectivity index (χ1n) is 10.6. The summed E-state index contributed by atoms with van der Waals surface area (Å²) in [5, 5.41) is 12.7. The first kappa shape index (κ1) is 22.4. The van der Waals surface area contributed by atoms with Gasteiger partial charge in [0.15, 0.2) is 0 Å². The van der Waals surface area contributed by atoms with Gasteiger partial charge < -0.3 is 20.1 Å². The van der Waals surface area contributed by atoms with Crippen molar-refractivity contribution in [3.8, 4) is 0 Å². The van der Waals surface area contributed by atoms with E-state index in [1.807, 2.05) is 6.92 Å². The number of halogens is 1. The maximum Gasteiger partial charge on any atom is 0.311 e. The number of aliphatic hydroxyl groups excluding tert-OH is 1. The number of hydrogen-bond acceptors (Lipinski definition) is 6. The molecular weight excluding hydrogens is 440 g/mol. The van der Waals surface area contributed by atoms with Crippen molar-refractivity contribution in [2.45, 2.75) is 48.6 Å². The van der Waals surface area contributed by atoms with Crippen LogP contribution in [0.4, 0.5) is 5.69 Å². The molecule has 2 bridgehead atoms. The topological polar surface area (TPSA) is 95.9 Å². The first-order valence-corrected chi connectivity index (χ1v) is 11.8. The molecule has 2 unspecified atom stereocenters. The van der Waals surface area contributed by atoms with Gasteiger partial charge in [0.05, 0.1) is 33.9 Å². The molecule has 0 aliphatic carbocycles. The normalized spacial score (nSPS) is 33.5. The Morgan fingerprint density at radius 2 is 2.10 bits per heavy atom. The fourth-order valence-electron chi connectivity index (χ4n) is 5.56. The number of para-hydroxylation sites is 1. The number of nitrogens with zero attached hydrogens (tertiary/aromatic N) is 1. The summed E-state index contributed by atoms with van der Waals surface area (Å²) in [5.41, 5.74) is 0.481. The molecule has 3 aliphatic rings. The van der Waals surface area contributed by atoms with Crippen molar-refractivity contribution in [1.82, 2.24) is 4.90 Å². The number of carbonyl (C=O) groups excluding carboxylic acids is 3. The number of aliphatic hydroxyl groups is 1. The van der Waals surface area contributed by atoms with Gasteiger partial charge in [-0.05, 0) is 45.2 Å². The molecular formula is C22H27ClN2O5S. The maximum atomic E-state index is 13.6. The van der Waals surface area contributed by atoms with E-state index in [9.17, 15) is 19.5 Å². The largest absolute Gasteiger partial charge is 0.466 e. The van der Waals surface area contributed by atoms with Gasteiger partial charge >= 0.3 is 5.97 Å². The lowest BCUT2D eigenvalue weighted by molar-refractivity contribution is -0.155. The molecule has 2 amide bonds. The van der Waals surface area contributed by atoms with E-state index in [1.165, 1.54) is 0 Å². The zero-order valence-electron chi connectivity index (χ0n) is 17.6. The molecule has 168 valence electrons. The minimum absolute atomic E-state index is 0.0908. The summed E-state index contributed by atoms with van der Waals surface area (Å²) in [4.78, 5) is 41.6. The minimum Gasteiger partial charge on any atom is -0.466 e. The lowest BCUT2D eigenvalue weighted by atomic mass is 9.66. The van der Waals surface area contributed by atoms with E-state index in [2.05, 4.69) is 5.32 Å². The van der Waals surface area contributed by atoms with Gasteiger partial charge in [0.1, 0.15) is 6.04 Å². The fourth-order valence-corrected chi connectivity index (χ4v) is 8.09. The third-order valence-electron chi connectivity index (χ3n) is 6.75. The van der Waals surface area contributed by atoms with Crippen molar-refractivity contribution in [3.63, 3.8) is 0 Å². The summed E-state index contributed by atoms with van der Waals surface area (Å²) in [6, 6.07) is 6.21. The Kier molecular flexibility index (Phi) is 6.00. The summed E-state index contributed by atoms with van der Waals surface area (Å²) in [6.45, 7) is 4.16. The molecule has 9 heteroatoms. The molecule has 3 saturated heterocycles. The molecule has 1 aromatic carbocycles. The zero-order chi connectivity index (χ0) is 22.4. The summed E-state index contributed by atoms with van der Waals surface area (Å²) in [7, 11) is 0. The molecule has 1 aromatic rings. The molecule has 1 spiro atoms. The number of fused-ring (bicyclic) bond motifs is 1. The number of ether oxygens (including phenoxy) is 1. The van der Waals surface area contributed by atoms with Crippen molar-refractivity contribution >= 4 is 46.8 Å². The summed E-state index contributed by atoms with van der Waals surface area (Å²) >= 11 is 7.83. The van der Waals surface area contributed by atoms with Crippen LogP contribution in [0.1, 0.15) is 33.1 Å². The highest BCUT2D eigenvalue weighted by Gasteiger charge is 2.77. The summed E-state index contributed by atoms with van der Waals surface area (Å²) in [6.07, 6.45) is 1.75. The highest BCUT2D eigenvalue weighted by Crippen LogP contribution is 2.71. The maximum absolute atomic E-state index is 13.6. The molecule has 2 N–H and O–H groups in total. The Morgan fingerprint density at radius 1 is 1.35 bits per heavy atom. The van der Waals surface area contributed by atoms with Crippen LogP contribution in [0.2, 0.25) is 5.02 Å². The molecule has 4 rings (SSSR count). The van der Waals surface area contributed by atoms with Crippen LogP contribution in [0.3, 0.4) is 0 Å². The van der Waals surface area contributed by atoms with Crippen molar-refractivity contribution < 1.29 is 24.2 Å². The third-order valence-corrected chi connectivity index (χ3v) is 9.07. The molecule has 7 nitrogen and oxygen atoms in total. The van der Waals surface area contributed by atoms with E-state index in [-0.39, 0.29) is 37.5 Å².